The van der Waals surface area contributed by atoms with Crippen LogP contribution in [-0.2, 0) is 35.3 Å². The number of β-amino-alcohol motifs (C(OH)–C–C–N with tert-alkyl or cyclic N) is 1. The largest absolute Gasteiger partial charge is 0.480 e. The lowest BCUT2D eigenvalue weighted by molar-refractivity contribution is -0.151. The van der Waals surface area contributed by atoms with Gasteiger partial charge in [-0.1, -0.05) is 42.1 Å². The molecule has 24 heteroatoms. The maximum atomic E-state index is 13.9. The van der Waals surface area contributed by atoms with E-state index in [0.29, 0.717) is 22.4 Å². The van der Waals surface area contributed by atoms with Gasteiger partial charge < -0.3 is 41.2 Å². The Balaban J connectivity index is 1.01. The molecule has 4 aromatic rings. The number of nitrogens with one attached hydrogen (secondary N) is 4. The summed E-state index contributed by atoms with van der Waals surface area (Å²) in [4.78, 5) is 112. The van der Waals surface area contributed by atoms with Crippen LogP contribution in [0.2, 0.25) is 0 Å². The number of anilines is 1. The summed E-state index contributed by atoms with van der Waals surface area (Å²) in [5.41, 5.74) is -0.0634. The first kappa shape index (κ1) is 42.2. The lowest BCUT2D eigenvalue weighted by Crippen LogP contribution is -2.71. The highest BCUT2D eigenvalue weighted by molar-refractivity contribution is 8.01. The molecular formula is C37H35N11O11S2. The van der Waals surface area contributed by atoms with E-state index in [4.69, 9.17) is 5.11 Å². The van der Waals surface area contributed by atoms with Gasteiger partial charge in [0.2, 0.25) is 22.9 Å². The SMILES string of the molecule is CC(=O)N1C[C@H](O)C[C@H]1C(=O)Nc1ccc(-c2ncc(C(=O)N[C@@H](C(=O)N[C@@H]3C(=O)N4C(C(=O)O)=C(CSc5nnnn5CC(=O)O)CS[C@H]34)c3ccccc3)c(=O)[nH]2)cc1. The van der Waals surface area contributed by atoms with Crippen LogP contribution in [0.5, 0.6) is 0 Å². The molecule has 61 heavy (non-hydrogen) atoms. The number of β-lactam (4-membered cyclic amide) rings is 1. The van der Waals surface area contributed by atoms with Gasteiger partial charge in [-0.15, -0.1) is 16.9 Å². The number of carbonyl (C=O) groups is 7. The molecule has 7 rings (SSSR count). The molecule has 2 saturated heterocycles. The fraction of sp³-hybridized carbons (Fsp3) is 0.297. The van der Waals surface area contributed by atoms with Crippen molar-refractivity contribution >= 4 is 70.7 Å². The van der Waals surface area contributed by atoms with E-state index in [1.165, 1.54) is 23.6 Å². The van der Waals surface area contributed by atoms with Gasteiger partial charge in [0, 0.05) is 48.8 Å². The van der Waals surface area contributed by atoms with Gasteiger partial charge in [-0.3, -0.25) is 38.5 Å². The molecule has 0 radical (unpaired) electrons. The molecular weight excluding hydrogens is 839 g/mol. The third-order valence-corrected chi connectivity index (χ3v) is 12.2. The Morgan fingerprint density at radius 2 is 1.77 bits per heavy atom. The summed E-state index contributed by atoms with van der Waals surface area (Å²) in [6, 6.07) is 10.9. The molecule has 2 aromatic heterocycles. The minimum atomic E-state index is -1.40. The van der Waals surface area contributed by atoms with E-state index in [-0.39, 0.29) is 47.1 Å². The highest BCUT2D eigenvalue weighted by Gasteiger charge is 2.54. The molecule has 0 saturated carbocycles. The van der Waals surface area contributed by atoms with Crippen molar-refractivity contribution in [3.8, 4) is 11.4 Å². The summed E-state index contributed by atoms with van der Waals surface area (Å²) < 4.78 is 1.04. The molecule has 7 N–H and O–H groups in total. The van der Waals surface area contributed by atoms with Crippen molar-refractivity contribution in [1.82, 2.24) is 50.6 Å². The number of nitrogens with zero attached hydrogens (tertiary/aromatic N) is 7. The monoisotopic (exact) mass is 873 g/mol. The number of carbonyl (C=O) groups excluding carboxylic acids is 5. The lowest BCUT2D eigenvalue weighted by atomic mass is 10.0. The van der Waals surface area contributed by atoms with Crippen LogP contribution < -0.4 is 21.5 Å². The van der Waals surface area contributed by atoms with Crippen molar-refractivity contribution in [2.75, 3.05) is 23.4 Å². The molecule has 0 aliphatic carbocycles. The Labute approximate surface area is 352 Å². The number of amides is 5. The molecule has 22 nitrogen and oxygen atoms in total. The third kappa shape index (κ3) is 9.00. The van der Waals surface area contributed by atoms with E-state index in [0.717, 1.165) is 27.5 Å². The van der Waals surface area contributed by atoms with E-state index in [2.05, 4.69) is 41.4 Å². The molecule has 3 aliphatic heterocycles. The van der Waals surface area contributed by atoms with Gasteiger partial charge in [0.05, 0.1) is 6.10 Å². The topological polar surface area (TPSA) is 312 Å². The van der Waals surface area contributed by atoms with Crippen LogP contribution in [-0.4, -0.2) is 138 Å². The summed E-state index contributed by atoms with van der Waals surface area (Å²) >= 11 is 2.20. The molecule has 2 fully saturated rings. The molecule has 5 heterocycles. The predicted molar refractivity (Wildman–Crippen MR) is 213 cm³/mol. The molecule has 5 atom stereocenters. The van der Waals surface area contributed by atoms with Crippen LogP contribution in [0.15, 0.2) is 82.0 Å². The Kier molecular flexibility index (Phi) is 12.3. The normalized spacial score (nSPS) is 20.0. The number of fused-ring (bicyclic) bond motifs is 1. The number of benzene rings is 2. The highest BCUT2D eigenvalue weighted by Crippen LogP contribution is 2.41. The van der Waals surface area contributed by atoms with Gasteiger partial charge >= 0.3 is 11.9 Å². The van der Waals surface area contributed by atoms with Crippen molar-refractivity contribution in [2.45, 2.75) is 54.6 Å². The fourth-order valence-electron chi connectivity index (χ4n) is 6.92. The van der Waals surface area contributed by atoms with Crippen molar-refractivity contribution in [2.24, 2.45) is 0 Å². The van der Waals surface area contributed by atoms with Gasteiger partial charge in [0.1, 0.15) is 47.1 Å². The summed E-state index contributed by atoms with van der Waals surface area (Å²) in [6.07, 6.45) is 0.327. The van der Waals surface area contributed by atoms with Crippen LogP contribution >= 0.6 is 23.5 Å². The summed E-state index contributed by atoms with van der Waals surface area (Å²) in [5, 5.41) is 47.3. The lowest BCUT2D eigenvalue weighted by Gasteiger charge is -2.49. The fourth-order valence-corrected chi connectivity index (χ4v) is 9.28. The van der Waals surface area contributed by atoms with Crippen molar-refractivity contribution in [3.05, 3.63) is 93.5 Å². The maximum absolute atomic E-state index is 13.9. The van der Waals surface area contributed by atoms with E-state index < -0.39 is 82.8 Å². The number of aromatic nitrogens is 6. The van der Waals surface area contributed by atoms with Gasteiger partial charge in [0.25, 0.3) is 17.4 Å². The molecule has 2 aromatic carbocycles. The smallest absolute Gasteiger partial charge is 0.352 e. The Bertz CT molecular complexity index is 2510. The van der Waals surface area contributed by atoms with Gasteiger partial charge in [-0.05, 0) is 45.8 Å². The number of aromatic amines is 1. The first-order valence-electron chi connectivity index (χ1n) is 18.3. The molecule has 0 spiro atoms. The van der Waals surface area contributed by atoms with Crippen LogP contribution in [0, 0.1) is 0 Å². The van der Waals surface area contributed by atoms with Crippen molar-refractivity contribution < 1.29 is 48.9 Å². The minimum Gasteiger partial charge on any atom is -0.480 e. The van der Waals surface area contributed by atoms with Gasteiger partial charge in [-0.2, -0.15) is 0 Å². The van der Waals surface area contributed by atoms with Crippen LogP contribution in [0.4, 0.5) is 5.69 Å². The number of hydrogen-bond acceptors (Lipinski definition) is 15. The predicted octanol–water partition coefficient (Wildman–Crippen LogP) is -0.570. The van der Waals surface area contributed by atoms with Crippen molar-refractivity contribution in [3.63, 3.8) is 0 Å². The first-order chi connectivity index (χ1) is 29.2. The summed E-state index contributed by atoms with van der Waals surface area (Å²) in [5.74, 6) is -5.58. The molecule has 5 amide bonds. The van der Waals surface area contributed by atoms with E-state index >= 15 is 0 Å². The number of aliphatic carboxylic acids is 2. The number of aliphatic hydroxyl groups excluding tert-OH is 1. The minimum absolute atomic E-state index is 0.0294. The second kappa shape index (κ2) is 17.7. The molecule has 3 aliphatic rings. The van der Waals surface area contributed by atoms with E-state index in [9.17, 15) is 48.6 Å². The van der Waals surface area contributed by atoms with Crippen LogP contribution in [0.3, 0.4) is 0 Å². The number of thioether (sulfide) groups is 2. The zero-order valence-electron chi connectivity index (χ0n) is 31.8. The number of aliphatic hydroxyl groups is 1. The van der Waals surface area contributed by atoms with E-state index in [1.54, 1.807) is 54.6 Å². The van der Waals surface area contributed by atoms with Crippen LogP contribution in [0.1, 0.15) is 35.3 Å². The number of tetrazole rings is 1. The second-order valence-corrected chi connectivity index (χ2v) is 15.9. The molecule has 0 unspecified atom stereocenters. The Morgan fingerprint density at radius 1 is 1.03 bits per heavy atom. The first-order valence-corrected chi connectivity index (χ1v) is 20.4. The van der Waals surface area contributed by atoms with Gasteiger partial charge in [0.15, 0.2) is 0 Å². The van der Waals surface area contributed by atoms with Crippen molar-refractivity contribution in [1.29, 1.82) is 0 Å². The summed E-state index contributed by atoms with van der Waals surface area (Å²) in [7, 11) is 0. The Morgan fingerprint density at radius 3 is 2.44 bits per heavy atom. The maximum Gasteiger partial charge on any atom is 0.352 e. The standard InChI is InChI=1S/C37H35N11O11S2/c1-17(49)46-13-22(50)11-24(46)32(55)39-21-9-7-19(8-10-21)29-38-12-23(31(54)42-29)30(53)40-26(18-5-3-2-4-6-18)33(56)41-27-34(57)48-28(36(58)59)20(15-60-35(27)48)16-61-37-43-44-45-47(37)14-25(51)52/h2-10,12,22,24,26-27,35,50H,11,13-16H2,1H3,(H,39,55)(H,40,53)(H,41,56)(H,51,52)(H,58,59)(H,38,42,54)/t22-,24+,26-,27-,35-/m1/s1. The van der Waals surface area contributed by atoms with Crippen LogP contribution in [0.25, 0.3) is 11.4 Å². The van der Waals surface area contributed by atoms with E-state index in [1.807, 2.05) is 0 Å². The Hall–Kier alpha value is -6.92. The second-order valence-electron chi connectivity index (χ2n) is 13.9. The molecule has 0 bridgehead atoms. The zero-order valence-corrected chi connectivity index (χ0v) is 33.4. The quantitative estimate of drug-likeness (QED) is 0.0616. The number of carboxylic acid groups (broad SMARTS) is 2. The average Bonchev–Trinajstić information content (AvgIpc) is 3.86. The zero-order chi connectivity index (χ0) is 43.5. The average molecular weight is 874 g/mol. The number of carboxylic acids is 2. The third-order valence-electron chi connectivity index (χ3n) is 9.83. The summed E-state index contributed by atoms with van der Waals surface area (Å²) in [6.45, 7) is 0.871. The molecule has 316 valence electrons. The number of H-pyrrole nitrogens is 1. The number of likely N-dealkylation sites (tertiary alicyclic amines) is 1. The number of rotatable bonds is 14. The highest BCUT2D eigenvalue weighted by atomic mass is 32.2. The van der Waals surface area contributed by atoms with Gasteiger partial charge in [-0.25, -0.2) is 14.5 Å². The number of hydrogen-bond donors (Lipinski definition) is 7.